The Morgan fingerprint density at radius 1 is 0.354 bits per heavy atom. The topological polar surface area (TPSA) is 13.1 Å². The van der Waals surface area contributed by atoms with Crippen molar-refractivity contribution in [3.05, 3.63) is 192 Å². The molecule has 0 unspecified atom stereocenters. The number of hydrogen-bond acceptors (Lipinski definition) is 1. The van der Waals surface area contributed by atoms with Crippen molar-refractivity contribution in [2.75, 3.05) is 0 Å². The zero-order valence-electron chi connectivity index (χ0n) is 26.1. The number of benzene rings is 8. The summed E-state index contributed by atoms with van der Waals surface area (Å²) in [6.07, 6.45) is 0. The van der Waals surface area contributed by atoms with Crippen molar-refractivity contribution in [1.82, 2.24) is 0 Å². The fourth-order valence-electron chi connectivity index (χ4n) is 9.05. The molecule has 1 nitrogen and oxygen atoms in total. The molecule has 0 aliphatic heterocycles. The van der Waals surface area contributed by atoms with Crippen LogP contribution in [0, 0.1) is 0 Å². The first-order valence-electron chi connectivity index (χ1n) is 16.7. The van der Waals surface area contributed by atoms with Crippen LogP contribution in [0.3, 0.4) is 0 Å². The lowest BCUT2D eigenvalue weighted by Crippen LogP contribution is -2.26. The summed E-state index contributed by atoms with van der Waals surface area (Å²) in [5.74, 6) is 0. The van der Waals surface area contributed by atoms with Crippen LogP contribution >= 0.6 is 0 Å². The minimum Gasteiger partial charge on any atom is -0.455 e. The van der Waals surface area contributed by atoms with Crippen LogP contribution < -0.4 is 0 Å². The number of hydrogen-bond donors (Lipinski definition) is 0. The lowest BCUT2D eigenvalue weighted by molar-refractivity contribution is 0.669. The minimum absolute atomic E-state index is 0.526. The first kappa shape index (κ1) is 25.9. The molecule has 0 fully saturated rings. The third kappa shape index (κ3) is 3.16. The second kappa shape index (κ2) is 9.44. The van der Waals surface area contributed by atoms with Crippen LogP contribution in [0.5, 0.6) is 0 Å². The number of para-hydroxylation sites is 1. The van der Waals surface area contributed by atoms with E-state index in [9.17, 15) is 0 Å². The number of furan rings is 1. The Morgan fingerprint density at radius 3 is 1.54 bits per heavy atom. The first-order valence-corrected chi connectivity index (χ1v) is 16.7. The number of rotatable bonds is 2. The summed E-state index contributed by atoms with van der Waals surface area (Å²) in [6.45, 7) is 0. The van der Waals surface area contributed by atoms with Gasteiger partial charge in [-0.3, -0.25) is 0 Å². The van der Waals surface area contributed by atoms with Gasteiger partial charge < -0.3 is 4.42 Å². The van der Waals surface area contributed by atoms with Gasteiger partial charge in [0.05, 0.1) is 5.41 Å². The van der Waals surface area contributed by atoms with E-state index in [0.29, 0.717) is 0 Å². The highest BCUT2D eigenvalue weighted by molar-refractivity contribution is 6.22. The summed E-state index contributed by atoms with van der Waals surface area (Å²) in [5.41, 5.74) is 16.6. The Bertz CT molecular complexity index is 2720. The average molecular weight is 609 g/mol. The molecule has 1 spiro atoms. The van der Waals surface area contributed by atoms with E-state index in [-0.39, 0.29) is 0 Å². The maximum Gasteiger partial charge on any atom is 0.144 e. The largest absolute Gasteiger partial charge is 0.455 e. The van der Waals surface area contributed by atoms with E-state index in [1.165, 1.54) is 82.9 Å². The molecule has 1 heteroatoms. The van der Waals surface area contributed by atoms with Gasteiger partial charge >= 0.3 is 0 Å². The van der Waals surface area contributed by atoms with Gasteiger partial charge in [-0.15, -0.1) is 0 Å². The zero-order chi connectivity index (χ0) is 31.4. The Morgan fingerprint density at radius 2 is 0.854 bits per heavy atom. The number of fused-ring (bicyclic) bond motifs is 16. The van der Waals surface area contributed by atoms with Crippen LogP contribution in [0.4, 0.5) is 0 Å². The normalized spacial score (nSPS) is 13.6. The molecule has 8 aromatic carbocycles. The fourth-order valence-corrected chi connectivity index (χ4v) is 9.05. The molecule has 0 N–H and O–H groups in total. The van der Waals surface area contributed by atoms with Gasteiger partial charge in [-0.25, -0.2) is 0 Å². The highest BCUT2D eigenvalue weighted by Gasteiger charge is 2.53. The Balaban J connectivity index is 1.42. The maximum absolute atomic E-state index is 7.06. The van der Waals surface area contributed by atoms with Crippen LogP contribution in [0.1, 0.15) is 22.3 Å². The molecule has 0 radical (unpaired) electrons. The van der Waals surface area contributed by atoms with E-state index in [1.54, 1.807) is 0 Å². The predicted octanol–water partition coefficient (Wildman–Crippen LogP) is 12.4. The zero-order valence-corrected chi connectivity index (χ0v) is 26.1. The molecule has 0 amide bonds. The van der Waals surface area contributed by atoms with E-state index in [4.69, 9.17) is 4.42 Å². The van der Waals surface area contributed by atoms with Crippen molar-refractivity contribution in [2.24, 2.45) is 0 Å². The van der Waals surface area contributed by atoms with Crippen molar-refractivity contribution in [1.29, 1.82) is 0 Å². The summed E-state index contributed by atoms with van der Waals surface area (Å²) >= 11 is 0. The Labute approximate surface area is 278 Å². The summed E-state index contributed by atoms with van der Waals surface area (Å²) in [6, 6.07) is 62.3. The Kier molecular flexibility index (Phi) is 5.10. The van der Waals surface area contributed by atoms with E-state index in [2.05, 4.69) is 170 Å². The highest BCUT2D eigenvalue weighted by atomic mass is 16.3. The summed E-state index contributed by atoms with van der Waals surface area (Å²) in [5, 5.41) is 4.83. The molecule has 11 rings (SSSR count). The SMILES string of the molecule is c1ccc(-c2cc3c(c4ccccc24)-c2c(cc(-c4ccccc4)c4c2oc2ccccc24)C32c3ccccc3-c3ccccc32)cc1. The molecule has 2 aliphatic carbocycles. The van der Waals surface area contributed by atoms with Gasteiger partial charge in [0, 0.05) is 16.3 Å². The molecule has 0 atom stereocenters. The van der Waals surface area contributed by atoms with E-state index in [1.807, 2.05) is 0 Å². The second-order valence-corrected chi connectivity index (χ2v) is 13.1. The molecule has 0 saturated carbocycles. The monoisotopic (exact) mass is 608 g/mol. The molecule has 0 saturated heterocycles. The van der Waals surface area contributed by atoms with Crippen molar-refractivity contribution < 1.29 is 4.42 Å². The van der Waals surface area contributed by atoms with Crippen molar-refractivity contribution in [2.45, 2.75) is 5.41 Å². The van der Waals surface area contributed by atoms with Gasteiger partial charge in [-0.1, -0.05) is 152 Å². The quantitative estimate of drug-likeness (QED) is 0.190. The highest BCUT2D eigenvalue weighted by Crippen LogP contribution is 2.66. The molecular weight excluding hydrogens is 581 g/mol. The van der Waals surface area contributed by atoms with Gasteiger partial charge in [-0.05, 0) is 90.2 Å². The molecular formula is C47H28O. The van der Waals surface area contributed by atoms with Crippen LogP contribution in [-0.2, 0) is 5.41 Å². The van der Waals surface area contributed by atoms with E-state index >= 15 is 0 Å². The van der Waals surface area contributed by atoms with E-state index < -0.39 is 5.41 Å². The fraction of sp³-hybridized carbons (Fsp3) is 0.0213. The minimum atomic E-state index is -0.526. The standard InChI is InChI=1S/C47H28O/c1-3-15-29(16-4-1)36-27-40-44(34-22-8-7-19-31(34)36)45-41(47(40)38-24-12-9-20-32(38)33-21-10-13-25-39(33)47)28-37(30-17-5-2-6-18-30)43-35-23-11-14-26-42(35)48-46(43)45/h1-28H. The molecule has 1 heterocycles. The van der Waals surface area contributed by atoms with Crippen LogP contribution in [0.25, 0.3) is 77.2 Å². The van der Waals surface area contributed by atoms with Gasteiger partial charge in [0.15, 0.2) is 0 Å². The van der Waals surface area contributed by atoms with Crippen LogP contribution in [-0.4, -0.2) is 0 Å². The second-order valence-electron chi connectivity index (χ2n) is 13.1. The lowest BCUT2D eigenvalue weighted by Gasteiger charge is -2.31. The van der Waals surface area contributed by atoms with Gasteiger partial charge in [0.1, 0.15) is 11.2 Å². The van der Waals surface area contributed by atoms with E-state index in [0.717, 1.165) is 16.6 Å². The van der Waals surface area contributed by atoms with Crippen LogP contribution in [0.15, 0.2) is 174 Å². The third-order valence-corrected chi connectivity index (χ3v) is 10.9. The molecule has 0 bridgehead atoms. The van der Waals surface area contributed by atoms with Crippen molar-refractivity contribution >= 4 is 32.7 Å². The van der Waals surface area contributed by atoms with Gasteiger partial charge in [-0.2, -0.15) is 0 Å². The first-order chi connectivity index (χ1) is 23.8. The molecule has 2 aliphatic rings. The molecule has 48 heavy (non-hydrogen) atoms. The van der Waals surface area contributed by atoms with Crippen molar-refractivity contribution in [3.8, 4) is 44.5 Å². The lowest BCUT2D eigenvalue weighted by atomic mass is 9.69. The third-order valence-electron chi connectivity index (χ3n) is 10.9. The molecule has 1 aromatic heterocycles. The molecule has 9 aromatic rings. The summed E-state index contributed by atoms with van der Waals surface area (Å²) in [7, 11) is 0. The Hall–Kier alpha value is -6.18. The van der Waals surface area contributed by atoms with Gasteiger partial charge in [0.25, 0.3) is 0 Å². The predicted molar refractivity (Wildman–Crippen MR) is 198 cm³/mol. The summed E-state index contributed by atoms with van der Waals surface area (Å²) in [4.78, 5) is 0. The smallest absolute Gasteiger partial charge is 0.144 e. The summed E-state index contributed by atoms with van der Waals surface area (Å²) < 4.78 is 7.06. The van der Waals surface area contributed by atoms with Crippen LogP contribution in [0.2, 0.25) is 0 Å². The molecule has 222 valence electrons. The average Bonchev–Trinajstić information content (AvgIpc) is 3.79. The van der Waals surface area contributed by atoms with Gasteiger partial charge in [0.2, 0.25) is 0 Å². The maximum atomic E-state index is 7.06. The van der Waals surface area contributed by atoms with Crippen molar-refractivity contribution in [3.63, 3.8) is 0 Å².